The van der Waals surface area contributed by atoms with Crippen LogP contribution >= 0.6 is 0 Å². The molecule has 3 amide bonds. The number of furan rings is 1. The molecule has 7 heteroatoms. The minimum atomic E-state index is -0.580. The second-order valence-corrected chi connectivity index (χ2v) is 4.71. The third-order valence-corrected chi connectivity index (χ3v) is 3.23. The van der Waals surface area contributed by atoms with Crippen LogP contribution < -0.4 is 10.6 Å². The average molecular weight is 312 g/mol. The minimum absolute atomic E-state index is 0.0946. The lowest BCUT2D eigenvalue weighted by molar-refractivity contribution is -0.115. The van der Waals surface area contributed by atoms with Crippen LogP contribution in [-0.4, -0.2) is 25.0 Å². The van der Waals surface area contributed by atoms with Gasteiger partial charge in [-0.15, -0.1) is 0 Å². The largest absolute Gasteiger partial charge is 0.465 e. The molecule has 23 heavy (non-hydrogen) atoms. The average Bonchev–Trinajstić information content (AvgIpc) is 3.13. The summed E-state index contributed by atoms with van der Waals surface area (Å²) in [7, 11) is 1.30. The van der Waals surface area contributed by atoms with Crippen molar-refractivity contribution in [2.75, 3.05) is 7.11 Å². The third kappa shape index (κ3) is 2.84. The number of benzene rings is 1. The van der Waals surface area contributed by atoms with Crippen LogP contribution in [0.1, 0.15) is 16.1 Å². The molecule has 3 rings (SSSR count). The molecule has 1 aromatic carbocycles. The smallest absolute Gasteiger partial charge is 0.338 e. The van der Waals surface area contributed by atoms with Gasteiger partial charge in [-0.1, -0.05) is 18.2 Å². The highest BCUT2D eigenvalue weighted by molar-refractivity contribution is 6.13. The van der Waals surface area contributed by atoms with Crippen molar-refractivity contribution >= 4 is 24.0 Å². The number of esters is 1. The summed E-state index contributed by atoms with van der Waals surface area (Å²) >= 11 is 0. The molecule has 0 atom stereocenters. The number of nitrogens with one attached hydrogen (secondary N) is 2. The molecule has 2 N–H and O–H groups in total. The molecule has 2 heterocycles. The molecule has 7 nitrogen and oxygen atoms in total. The molecular weight excluding hydrogens is 300 g/mol. The van der Waals surface area contributed by atoms with Crippen LogP contribution in [0.4, 0.5) is 4.79 Å². The zero-order valence-corrected chi connectivity index (χ0v) is 12.1. The van der Waals surface area contributed by atoms with Crippen molar-refractivity contribution in [3.05, 3.63) is 53.4 Å². The van der Waals surface area contributed by atoms with Crippen LogP contribution in [0.25, 0.3) is 17.4 Å². The van der Waals surface area contributed by atoms with Crippen LogP contribution in [0, 0.1) is 0 Å². The summed E-state index contributed by atoms with van der Waals surface area (Å²) in [5.74, 6) is -0.183. The predicted octanol–water partition coefficient (Wildman–Crippen LogP) is 1.91. The number of hydrogen-bond acceptors (Lipinski definition) is 5. The van der Waals surface area contributed by atoms with E-state index in [9.17, 15) is 14.4 Å². The van der Waals surface area contributed by atoms with Gasteiger partial charge in [0.1, 0.15) is 17.2 Å². The predicted molar refractivity (Wildman–Crippen MR) is 80.1 cm³/mol. The zero-order chi connectivity index (χ0) is 16.4. The lowest BCUT2D eigenvalue weighted by atomic mass is 10.1. The van der Waals surface area contributed by atoms with Crippen molar-refractivity contribution in [2.45, 2.75) is 0 Å². The Morgan fingerprint density at radius 2 is 1.91 bits per heavy atom. The van der Waals surface area contributed by atoms with E-state index in [1.165, 1.54) is 13.2 Å². The number of methoxy groups -OCH3 is 1. The molecule has 1 fully saturated rings. The van der Waals surface area contributed by atoms with Crippen LogP contribution in [0.2, 0.25) is 0 Å². The first-order chi connectivity index (χ1) is 11.1. The Bertz CT molecular complexity index is 835. The first-order valence-corrected chi connectivity index (χ1v) is 6.70. The first-order valence-electron chi connectivity index (χ1n) is 6.70. The number of hydrogen-bond donors (Lipinski definition) is 2. The van der Waals surface area contributed by atoms with E-state index < -0.39 is 17.9 Å². The van der Waals surface area contributed by atoms with Crippen LogP contribution in [-0.2, 0) is 9.53 Å². The van der Waals surface area contributed by atoms with Gasteiger partial charge in [0.15, 0.2) is 0 Å². The van der Waals surface area contributed by atoms with Gasteiger partial charge in [0.2, 0.25) is 0 Å². The molecule has 0 bridgehead atoms. The summed E-state index contributed by atoms with van der Waals surface area (Å²) in [6.07, 6.45) is 1.41. The summed E-state index contributed by atoms with van der Waals surface area (Å²) < 4.78 is 10.4. The quantitative estimate of drug-likeness (QED) is 0.512. The fraction of sp³-hybridized carbons (Fsp3) is 0.0625. The maximum absolute atomic E-state index is 11.8. The molecular formula is C16H12N2O5. The Hall–Kier alpha value is -3.35. The molecule has 1 saturated heterocycles. The number of carbonyl (C=O) groups is 3. The van der Waals surface area contributed by atoms with Gasteiger partial charge in [0.25, 0.3) is 5.91 Å². The summed E-state index contributed by atoms with van der Waals surface area (Å²) in [5.41, 5.74) is 1.04. The maximum Gasteiger partial charge on any atom is 0.338 e. The van der Waals surface area contributed by atoms with Crippen molar-refractivity contribution in [1.82, 2.24) is 10.6 Å². The molecule has 1 aromatic heterocycles. The SMILES string of the molecule is COC(=O)c1ccccc1-c1ccc(/C=C2/NC(=O)NC2=O)o1. The summed E-state index contributed by atoms with van der Waals surface area (Å²) in [6.45, 7) is 0. The number of urea groups is 1. The van der Waals surface area contributed by atoms with Crippen molar-refractivity contribution in [1.29, 1.82) is 0 Å². The van der Waals surface area contributed by atoms with Gasteiger partial charge in [-0.2, -0.15) is 0 Å². The molecule has 0 radical (unpaired) electrons. The van der Waals surface area contributed by atoms with E-state index in [2.05, 4.69) is 10.6 Å². The second kappa shape index (κ2) is 5.80. The van der Waals surface area contributed by atoms with Gasteiger partial charge in [-0.05, 0) is 18.2 Å². The van der Waals surface area contributed by atoms with E-state index in [4.69, 9.17) is 9.15 Å². The lowest BCUT2D eigenvalue weighted by Crippen LogP contribution is -2.22. The Labute approximate surface area is 130 Å². The fourth-order valence-corrected chi connectivity index (χ4v) is 2.19. The summed E-state index contributed by atoms with van der Waals surface area (Å²) in [5, 5.41) is 4.46. The van der Waals surface area contributed by atoms with Crippen LogP contribution in [0.3, 0.4) is 0 Å². The van der Waals surface area contributed by atoms with Crippen molar-refractivity contribution in [3.8, 4) is 11.3 Å². The molecule has 0 spiro atoms. The number of amides is 3. The van der Waals surface area contributed by atoms with E-state index in [1.807, 2.05) is 0 Å². The van der Waals surface area contributed by atoms with Crippen molar-refractivity contribution in [2.24, 2.45) is 0 Å². The van der Waals surface area contributed by atoms with Crippen molar-refractivity contribution in [3.63, 3.8) is 0 Å². The summed E-state index contributed by atoms with van der Waals surface area (Å²) in [6, 6.07) is 9.58. The van der Waals surface area contributed by atoms with Crippen LogP contribution in [0.15, 0.2) is 46.5 Å². The molecule has 1 aliphatic rings. The second-order valence-electron chi connectivity index (χ2n) is 4.71. The van der Waals surface area contributed by atoms with E-state index in [0.717, 1.165) is 0 Å². The van der Waals surface area contributed by atoms with Gasteiger partial charge in [0, 0.05) is 11.6 Å². The normalized spacial score (nSPS) is 15.4. The lowest BCUT2D eigenvalue weighted by Gasteiger charge is -2.04. The van der Waals surface area contributed by atoms with E-state index >= 15 is 0 Å². The molecule has 0 saturated carbocycles. The Morgan fingerprint density at radius 3 is 2.61 bits per heavy atom. The standard InChI is InChI=1S/C16H12N2O5/c1-22-15(20)11-5-3-2-4-10(11)13-7-6-9(23-13)8-12-14(19)18-16(21)17-12/h2-8H,1H3,(H2,17,18,19,21)/b12-8+. The highest BCUT2D eigenvalue weighted by atomic mass is 16.5. The highest BCUT2D eigenvalue weighted by Crippen LogP contribution is 2.27. The Balaban J connectivity index is 1.95. The molecule has 116 valence electrons. The molecule has 2 aromatic rings. The van der Waals surface area contributed by atoms with Gasteiger partial charge < -0.3 is 14.5 Å². The van der Waals surface area contributed by atoms with E-state index in [-0.39, 0.29) is 5.70 Å². The first kappa shape index (κ1) is 14.6. The molecule has 0 unspecified atom stereocenters. The van der Waals surface area contributed by atoms with Gasteiger partial charge >= 0.3 is 12.0 Å². The number of rotatable bonds is 3. The molecule has 1 aliphatic heterocycles. The third-order valence-electron chi connectivity index (χ3n) is 3.23. The van der Waals surface area contributed by atoms with Gasteiger partial charge in [-0.3, -0.25) is 10.1 Å². The molecule has 0 aliphatic carbocycles. The van der Waals surface area contributed by atoms with Gasteiger partial charge in [0.05, 0.1) is 12.7 Å². The van der Waals surface area contributed by atoms with E-state index in [0.29, 0.717) is 22.6 Å². The Kier molecular flexibility index (Phi) is 3.68. The summed E-state index contributed by atoms with van der Waals surface area (Å²) in [4.78, 5) is 34.3. The minimum Gasteiger partial charge on any atom is -0.465 e. The topological polar surface area (TPSA) is 97.6 Å². The number of imide groups is 1. The van der Waals surface area contributed by atoms with Gasteiger partial charge in [-0.25, -0.2) is 9.59 Å². The van der Waals surface area contributed by atoms with E-state index in [1.54, 1.807) is 36.4 Å². The highest BCUT2D eigenvalue weighted by Gasteiger charge is 2.23. The van der Waals surface area contributed by atoms with Crippen LogP contribution in [0.5, 0.6) is 0 Å². The number of carbonyl (C=O) groups excluding carboxylic acids is 3. The Morgan fingerprint density at radius 1 is 1.13 bits per heavy atom. The monoisotopic (exact) mass is 312 g/mol. The number of ether oxygens (including phenoxy) is 1. The maximum atomic E-state index is 11.8. The zero-order valence-electron chi connectivity index (χ0n) is 12.1. The fourth-order valence-electron chi connectivity index (χ4n) is 2.19. The van der Waals surface area contributed by atoms with Crippen molar-refractivity contribution < 1.29 is 23.5 Å².